The van der Waals surface area contributed by atoms with Crippen molar-refractivity contribution in [1.29, 1.82) is 0 Å². The lowest BCUT2D eigenvalue weighted by Gasteiger charge is -2.17. The Bertz CT molecular complexity index is 415. The van der Waals surface area contributed by atoms with Crippen LogP contribution in [0.1, 0.15) is 23.8 Å². The van der Waals surface area contributed by atoms with Crippen LogP contribution in [0, 0.1) is 5.92 Å². The van der Waals surface area contributed by atoms with E-state index in [0.29, 0.717) is 23.5 Å². The van der Waals surface area contributed by atoms with E-state index in [9.17, 15) is 4.79 Å². The molecule has 1 N–H and O–H groups in total. The molecule has 100 valence electrons. The molecule has 0 aromatic carbocycles. The number of carbonyl (C=O) groups is 1. The SMILES string of the molecule is CCCNC1COCC1C(=O)c1c(Br)nnn1C. The third kappa shape index (κ3) is 2.62. The molecule has 0 spiro atoms. The van der Waals surface area contributed by atoms with Crippen molar-refractivity contribution in [1.82, 2.24) is 20.3 Å². The lowest BCUT2D eigenvalue weighted by Crippen LogP contribution is -2.40. The number of ketones is 1. The zero-order valence-corrected chi connectivity index (χ0v) is 12.1. The lowest BCUT2D eigenvalue weighted by molar-refractivity contribution is 0.0881. The maximum Gasteiger partial charge on any atom is 0.190 e. The van der Waals surface area contributed by atoms with E-state index in [-0.39, 0.29) is 17.7 Å². The van der Waals surface area contributed by atoms with Gasteiger partial charge in [-0.15, -0.1) is 5.10 Å². The van der Waals surface area contributed by atoms with E-state index in [0.717, 1.165) is 13.0 Å². The molecule has 0 saturated carbocycles. The van der Waals surface area contributed by atoms with Crippen molar-refractivity contribution in [3.63, 3.8) is 0 Å². The molecule has 1 aromatic rings. The minimum absolute atomic E-state index is 0.0282. The fraction of sp³-hybridized carbons (Fsp3) is 0.727. The summed E-state index contributed by atoms with van der Waals surface area (Å²) < 4.78 is 7.42. The molecule has 1 aliphatic heterocycles. The first-order valence-corrected chi connectivity index (χ1v) is 6.85. The minimum Gasteiger partial charge on any atom is -0.379 e. The van der Waals surface area contributed by atoms with Gasteiger partial charge in [0, 0.05) is 13.1 Å². The van der Waals surface area contributed by atoms with Gasteiger partial charge in [0.1, 0.15) is 5.69 Å². The standard InChI is InChI=1S/C11H17BrN4O2/c1-3-4-13-8-6-18-5-7(8)10(17)9-11(12)14-15-16(9)2/h7-8,13H,3-6H2,1-2H3. The average molecular weight is 317 g/mol. The number of Topliss-reactive ketones (excluding diaryl/α,β-unsaturated/α-hetero) is 1. The van der Waals surface area contributed by atoms with Gasteiger partial charge in [-0.25, -0.2) is 4.68 Å². The summed E-state index contributed by atoms with van der Waals surface area (Å²) in [6.07, 6.45) is 1.04. The molecule has 1 aliphatic rings. The predicted molar refractivity (Wildman–Crippen MR) is 69.4 cm³/mol. The van der Waals surface area contributed by atoms with E-state index < -0.39 is 0 Å². The number of aryl methyl sites for hydroxylation is 1. The van der Waals surface area contributed by atoms with Gasteiger partial charge in [0.15, 0.2) is 10.4 Å². The van der Waals surface area contributed by atoms with Crippen LogP contribution in [-0.2, 0) is 11.8 Å². The van der Waals surface area contributed by atoms with Crippen LogP contribution in [0.25, 0.3) is 0 Å². The Labute approximate surface area is 114 Å². The third-order valence-corrected chi connectivity index (χ3v) is 3.63. The summed E-state index contributed by atoms with van der Waals surface area (Å²) in [6.45, 7) is 4.03. The van der Waals surface area contributed by atoms with Gasteiger partial charge < -0.3 is 10.1 Å². The van der Waals surface area contributed by atoms with Crippen LogP contribution < -0.4 is 5.32 Å². The van der Waals surface area contributed by atoms with Gasteiger partial charge in [-0.1, -0.05) is 12.1 Å². The zero-order chi connectivity index (χ0) is 13.1. The topological polar surface area (TPSA) is 69.0 Å². The van der Waals surface area contributed by atoms with Crippen molar-refractivity contribution in [2.24, 2.45) is 13.0 Å². The molecule has 0 amide bonds. The Hall–Kier alpha value is -0.790. The number of nitrogens with zero attached hydrogens (tertiary/aromatic N) is 3. The normalized spacial score (nSPS) is 23.5. The molecule has 1 aromatic heterocycles. The summed E-state index contributed by atoms with van der Waals surface area (Å²) >= 11 is 3.26. The van der Waals surface area contributed by atoms with Crippen LogP contribution in [0.15, 0.2) is 4.60 Å². The summed E-state index contributed by atoms with van der Waals surface area (Å²) in [7, 11) is 1.72. The molecule has 0 radical (unpaired) electrons. The molecule has 18 heavy (non-hydrogen) atoms. The fourth-order valence-corrected chi connectivity index (χ4v) is 2.64. The van der Waals surface area contributed by atoms with Gasteiger partial charge >= 0.3 is 0 Å². The first-order valence-electron chi connectivity index (χ1n) is 6.05. The van der Waals surface area contributed by atoms with E-state index in [1.165, 1.54) is 4.68 Å². The summed E-state index contributed by atoms with van der Waals surface area (Å²) in [4.78, 5) is 12.5. The fourth-order valence-electron chi connectivity index (χ4n) is 2.11. The highest BCUT2D eigenvalue weighted by molar-refractivity contribution is 9.10. The quantitative estimate of drug-likeness (QED) is 0.813. The number of nitrogens with one attached hydrogen (secondary N) is 1. The van der Waals surface area contributed by atoms with Crippen molar-refractivity contribution in [2.75, 3.05) is 19.8 Å². The maximum atomic E-state index is 12.5. The number of carbonyl (C=O) groups excluding carboxylic acids is 1. The number of rotatable bonds is 5. The van der Waals surface area contributed by atoms with Crippen LogP contribution in [0.3, 0.4) is 0 Å². The van der Waals surface area contributed by atoms with E-state index in [2.05, 4.69) is 38.5 Å². The van der Waals surface area contributed by atoms with E-state index in [1.807, 2.05) is 0 Å². The third-order valence-electron chi connectivity index (χ3n) is 3.09. The summed E-state index contributed by atoms with van der Waals surface area (Å²) in [5, 5.41) is 11.0. The molecule has 0 bridgehead atoms. The first kappa shape index (κ1) is 13.6. The van der Waals surface area contributed by atoms with Gasteiger partial charge in [0.2, 0.25) is 0 Å². The lowest BCUT2D eigenvalue weighted by atomic mass is 9.96. The number of aromatic nitrogens is 3. The van der Waals surface area contributed by atoms with E-state index >= 15 is 0 Å². The first-order chi connectivity index (χ1) is 8.65. The van der Waals surface area contributed by atoms with Crippen molar-refractivity contribution in [2.45, 2.75) is 19.4 Å². The average Bonchev–Trinajstić information content (AvgIpc) is 2.93. The highest BCUT2D eigenvalue weighted by atomic mass is 79.9. The van der Waals surface area contributed by atoms with E-state index in [1.54, 1.807) is 7.05 Å². The second-order valence-electron chi connectivity index (χ2n) is 4.42. The molecule has 2 rings (SSSR count). The molecule has 0 aliphatic carbocycles. The Morgan fingerprint density at radius 2 is 2.39 bits per heavy atom. The summed E-state index contributed by atoms with van der Waals surface area (Å²) in [6, 6.07) is 0.0826. The Kier molecular flexibility index (Phi) is 4.47. The number of ether oxygens (including phenoxy) is 1. The zero-order valence-electron chi connectivity index (χ0n) is 10.5. The second-order valence-corrected chi connectivity index (χ2v) is 5.17. The molecule has 7 heteroatoms. The highest BCUT2D eigenvalue weighted by Gasteiger charge is 2.36. The molecule has 1 fully saturated rings. The monoisotopic (exact) mass is 316 g/mol. The molecule has 6 nitrogen and oxygen atoms in total. The Morgan fingerprint density at radius 3 is 3.00 bits per heavy atom. The van der Waals surface area contributed by atoms with Gasteiger partial charge in [0.25, 0.3) is 0 Å². The van der Waals surface area contributed by atoms with Crippen LogP contribution in [0.5, 0.6) is 0 Å². The van der Waals surface area contributed by atoms with Crippen molar-refractivity contribution in [3.8, 4) is 0 Å². The number of halogens is 1. The van der Waals surface area contributed by atoms with Crippen LogP contribution in [0.4, 0.5) is 0 Å². The second kappa shape index (κ2) is 5.90. The van der Waals surface area contributed by atoms with E-state index in [4.69, 9.17) is 4.74 Å². The van der Waals surface area contributed by atoms with Crippen LogP contribution in [-0.4, -0.2) is 46.6 Å². The maximum absolute atomic E-state index is 12.5. The molecule has 1 saturated heterocycles. The van der Waals surface area contributed by atoms with Gasteiger partial charge in [-0.3, -0.25) is 4.79 Å². The number of hydrogen-bond acceptors (Lipinski definition) is 5. The summed E-state index contributed by atoms with van der Waals surface area (Å²) in [5.41, 5.74) is 0.508. The van der Waals surface area contributed by atoms with Crippen LogP contribution >= 0.6 is 15.9 Å². The highest BCUT2D eigenvalue weighted by Crippen LogP contribution is 2.22. The summed E-state index contributed by atoms with van der Waals surface area (Å²) in [5.74, 6) is -0.134. The number of hydrogen-bond donors (Lipinski definition) is 1. The smallest absolute Gasteiger partial charge is 0.190 e. The molecule has 2 unspecified atom stereocenters. The Morgan fingerprint density at radius 1 is 1.61 bits per heavy atom. The van der Waals surface area contributed by atoms with Gasteiger partial charge in [-0.05, 0) is 28.9 Å². The molecular weight excluding hydrogens is 300 g/mol. The Balaban J connectivity index is 2.13. The van der Waals surface area contributed by atoms with Crippen molar-refractivity contribution in [3.05, 3.63) is 10.3 Å². The minimum atomic E-state index is -0.162. The van der Waals surface area contributed by atoms with Crippen molar-refractivity contribution < 1.29 is 9.53 Å². The largest absolute Gasteiger partial charge is 0.379 e. The van der Waals surface area contributed by atoms with Crippen molar-refractivity contribution >= 4 is 21.7 Å². The predicted octanol–water partition coefficient (Wildman–Crippen LogP) is 0.775. The van der Waals surface area contributed by atoms with Crippen LogP contribution in [0.2, 0.25) is 0 Å². The molecule has 2 heterocycles. The molecule has 2 atom stereocenters. The van der Waals surface area contributed by atoms with Gasteiger partial charge in [0.05, 0.1) is 19.1 Å². The van der Waals surface area contributed by atoms with Gasteiger partial charge in [-0.2, -0.15) is 0 Å². The molecular formula is C11H17BrN4O2.